The van der Waals surface area contributed by atoms with E-state index in [-0.39, 0.29) is 19.1 Å². The fourth-order valence-electron chi connectivity index (χ4n) is 3.44. The van der Waals surface area contributed by atoms with E-state index >= 15 is 0 Å². The number of piperidine rings is 1. The summed E-state index contributed by atoms with van der Waals surface area (Å²) < 4.78 is 10.4. The molecule has 1 atom stereocenters. The quantitative estimate of drug-likeness (QED) is 0.734. The van der Waals surface area contributed by atoms with Crippen molar-refractivity contribution < 1.29 is 23.9 Å². The summed E-state index contributed by atoms with van der Waals surface area (Å²) in [5, 5.41) is 0. The third kappa shape index (κ3) is 3.82. The van der Waals surface area contributed by atoms with Gasteiger partial charge in [-0.2, -0.15) is 0 Å². The molecule has 7 nitrogen and oxygen atoms in total. The van der Waals surface area contributed by atoms with Crippen LogP contribution in [0.1, 0.15) is 53.4 Å². The predicted molar refractivity (Wildman–Crippen MR) is 87.4 cm³/mol. The minimum absolute atomic E-state index is 0.0589. The van der Waals surface area contributed by atoms with Gasteiger partial charge in [-0.1, -0.05) is 0 Å². The van der Waals surface area contributed by atoms with Gasteiger partial charge < -0.3 is 14.4 Å². The maximum absolute atomic E-state index is 13.0. The second-order valence-electron chi connectivity index (χ2n) is 7.40. The van der Waals surface area contributed by atoms with Crippen molar-refractivity contribution >= 4 is 18.0 Å². The Bertz CT molecular complexity index is 514. The lowest BCUT2D eigenvalue weighted by Gasteiger charge is -2.43. The molecular formula is C17H28N2O5. The molecule has 0 saturated carbocycles. The van der Waals surface area contributed by atoms with E-state index < -0.39 is 23.2 Å². The number of ether oxygens (including phenoxy) is 2. The highest BCUT2D eigenvalue weighted by Crippen LogP contribution is 2.38. The van der Waals surface area contributed by atoms with Gasteiger partial charge in [0.15, 0.2) is 0 Å². The van der Waals surface area contributed by atoms with Crippen molar-refractivity contribution in [1.29, 1.82) is 0 Å². The zero-order valence-corrected chi connectivity index (χ0v) is 15.1. The van der Waals surface area contributed by atoms with Crippen LogP contribution in [0, 0.1) is 0 Å². The summed E-state index contributed by atoms with van der Waals surface area (Å²) in [4.78, 5) is 40.3. The summed E-state index contributed by atoms with van der Waals surface area (Å²) in [5.41, 5.74) is -1.48. The van der Waals surface area contributed by atoms with E-state index in [1.165, 1.54) is 4.90 Å². The van der Waals surface area contributed by atoms with Crippen LogP contribution in [-0.4, -0.2) is 65.2 Å². The Hall–Kier alpha value is -1.79. The van der Waals surface area contributed by atoms with Gasteiger partial charge in [-0.25, -0.2) is 4.79 Å². The van der Waals surface area contributed by atoms with Crippen LogP contribution in [0.2, 0.25) is 0 Å². The van der Waals surface area contributed by atoms with E-state index in [0.717, 1.165) is 12.8 Å². The van der Waals surface area contributed by atoms with Crippen molar-refractivity contribution in [1.82, 2.24) is 9.80 Å². The minimum Gasteiger partial charge on any atom is -0.465 e. The number of hydrogen-bond donors (Lipinski definition) is 0. The molecule has 2 aliphatic heterocycles. The van der Waals surface area contributed by atoms with Gasteiger partial charge in [0.2, 0.25) is 5.91 Å². The van der Waals surface area contributed by atoms with Crippen molar-refractivity contribution in [2.45, 2.75) is 64.5 Å². The maximum Gasteiger partial charge on any atom is 0.411 e. The van der Waals surface area contributed by atoms with E-state index in [1.54, 1.807) is 11.8 Å². The van der Waals surface area contributed by atoms with Crippen molar-refractivity contribution in [3.63, 3.8) is 0 Å². The van der Waals surface area contributed by atoms with Gasteiger partial charge in [-0.15, -0.1) is 0 Å². The van der Waals surface area contributed by atoms with Crippen molar-refractivity contribution in [2.24, 2.45) is 0 Å². The van der Waals surface area contributed by atoms with Gasteiger partial charge in [0.05, 0.1) is 6.61 Å². The average Bonchev–Trinajstić information content (AvgIpc) is 2.76. The number of carbonyl (C=O) groups is 3. The zero-order valence-electron chi connectivity index (χ0n) is 15.1. The Morgan fingerprint density at radius 2 is 1.88 bits per heavy atom. The van der Waals surface area contributed by atoms with Crippen LogP contribution in [0.15, 0.2) is 0 Å². The summed E-state index contributed by atoms with van der Waals surface area (Å²) in [6, 6.07) is 0. The van der Waals surface area contributed by atoms with Gasteiger partial charge in [-0.3, -0.25) is 14.5 Å². The van der Waals surface area contributed by atoms with E-state index in [4.69, 9.17) is 9.47 Å². The SMILES string of the molecule is CCOC(=O)CN1CCC2(CCCCN2C(=O)OC(C)(C)C)C1=O. The second-order valence-corrected chi connectivity index (χ2v) is 7.40. The topological polar surface area (TPSA) is 76.2 Å². The monoisotopic (exact) mass is 340 g/mol. The molecule has 0 N–H and O–H groups in total. The molecule has 1 unspecified atom stereocenters. The molecule has 2 saturated heterocycles. The first-order valence-electron chi connectivity index (χ1n) is 8.65. The van der Waals surface area contributed by atoms with Crippen LogP contribution in [0.3, 0.4) is 0 Å². The lowest BCUT2D eigenvalue weighted by Crippen LogP contribution is -2.59. The summed E-state index contributed by atoms with van der Waals surface area (Å²) in [6.45, 7) is 8.36. The summed E-state index contributed by atoms with van der Waals surface area (Å²) >= 11 is 0. The van der Waals surface area contributed by atoms with E-state index in [2.05, 4.69) is 0 Å². The van der Waals surface area contributed by atoms with Gasteiger partial charge in [0.1, 0.15) is 17.7 Å². The molecule has 7 heteroatoms. The minimum atomic E-state index is -0.868. The molecule has 2 heterocycles. The highest BCUT2D eigenvalue weighted by molar-refractivity contribution is 5.94. The molecule has 0 aliphatic carbocycles. The van der Waals surface area contributed by atoms with Crippen molar-refractivity contribution in [3.8, 4) is 0 Å². The van der Waals surface area contributed by atoms with Crippen molar-refractivity contribution in [3.05, 3.63) is 0 Å². The van der Waals surface area contributed by atoms with E-state index in [1.807, 2.05) is 20.8 Å². The smallest absolute Gasteiger partial charge is 0.411 e. The van der Waals surface area contributed by atoms with Crippen LogP contribution in [0.25, 0.3) is 0 Å². The summed E-state index contributed by atoms with van der Waals surface area (Å²) in [6.07, 6.45) is 2.44. The number of carbonyl (C=O) groups excluding carboxylic acids is 3. The Morgan fingerprint density at radius 3 is 2.50 bits per heavy atom. The van der Waals surface area contributed by atoms with Gasteiger partial charge in [0, 0.05) is 13.1 Å². The molecule has 0 aromatic carbocycles. The van der Waals surface area contributed by atoms with E-state index in [9.17, 15) is 14.4 Å². The molecule has 1 spiro atoms. The molecule has 2 aliphatic rings. The van der Waals surface area contributed by atoms with Crippen LogP contribution >= 0.6 is 0 Å². The van der Waals surface area contributed by atoms with Gasteiger partial charge in [-0.05, 0) is 53.4 Å². The standard InChI is InChI=1S/C17H28N2O5/c1-5-23-13(20)12-18-11-9-17(14(18)21)8-6-7-10-19(17)15(22)24-16(2,3)4/h5-12H2,1-4H3. The predicted octanol–water partition coefficient (Wildman–Crippen LogP) is 1.94. The summed E-state index contributed by atoms with van der Waals surface area (Å²) in [7, 11) is 0. The maximum atomic E-state index is 13.0. The first-order valence-corrected chi connectivity index (χ1v) is 8.65. The largest absolute Gasteiger partial charge is 0.465 e. The van der Waals surface area contributed by atoms with Crippen LogP contribution in [0.4, 0.5) is 4.79 Å². The van der Waals surface area contributed by atoms with Crippen LogP contribution in [-0.2, 0) is 19.1 Å². The molecule has 2 fully saturated rings. The Balaban J connectivity index is 2.15. The molecular weight excluding hydrogens is 312 g/mol. The molecule has 24 heavy (non-hydrogen) atoms. The first kappa shape index (κ1) is 18.5. The number of esters is 1. The molecule has 0 bridgehead atoms. The molecule has 2 rings (SSSR count). The number of amides is 2. The molecule has 136 valence electrons. The Morgan fingerprint density at radius 1 is 1.17 bits per heavy atom. The van der Waals surface area contributed by atoms with E-state index in [0.29, 0.717) is 25.9 Å². The fraction of sp³-hybridized carbons (Fsp3) is 0.824. The highest BCUT2D eigenvalue weighted by atomic mass is 16.6. The number of rotatable bonds is 3. The number of hydrogen-bond acceptors (Lipinski definition) is 5. The molecule has 0 aromatic rings. The Labute approximate surface area is 143 Å². The zero-order chi connectivity index (χ0) is 18.0. The fourth-order valence-corrected chi connectivity index (χ4v) is 3.44. The normalized spacial score (nSPS) is 24.4. The lowest BCUT2D eigenvalue weighted by atomic mass is 9.85. The van der Waals surface area contributed by atoms with Gasteiger partial charge >= 0.3 is 12.1 Å². The number of likely N-dealkylation sites (tertiary alicyclic amines) is 2. The molecule has 0 radical (unpaired) electrons. The van der Waals surface area contributed by atoms with Crippen LogP contribution in [0.5, 0.6) is 0 Å². The van der Waals surface area contributed by atoms with Gasteiger partial charge in [0.25, 0.3) is 0 Å². The highest BCUT2D eigenvalue weighted by Gasteiger charge is 2.54. The molecule has 2 amide bonds. The Kier molecular flexibility index (Phi) is 5.40. The molecule has 0 aromatic heterocycles. The summed E-state index contributed by atoms with van der Waals surface area (Å²) in [5.74, 6) is -0.580. The second kappa shape index (κ2) is 6.99. The van der Waals surface area contributed by atoms with Crippen LogP contribution < -0.4 is 0 Å². The third-order valence-corrected chi connectivity index (χ3v) is 4.46. The third-order valence-electron chi connectivity index (χ3n) is 4.46. The first-order chi connectivity index (χ1) is 11.2. The average molecular weight is 340 g/mol. The number of nitrogens with zero attached hydrogens (tertiary/aromatic N) is 2. The lowest BCUT2D eigenvalue weighted by molar-refractivity contribution is -0.150. The van der Waals surface area contributed by atoms with Crippen molar-refractivity contribution in [2.75, 3.05) is 26.2 Å².